The molecule has 1 aromatic carbocycles. The van der Waals surface area contributed by atoms with Crippen LogP contribution in [0.5, 0.6) is 0 Å². The topological polar surface area (TPSA) is 76.1 Å². The highest BCUT2D eigenvalue weighted by molar-refractivity contribution is 5.92. The third kappa shape index (κ3) is 5.90. The molecule has 0 bridgehead atoms. The van der Waals surface area contributed by atoms with E-state index in [2.05, 4.69) is 17.4 Å². The van der Waals surface area contributed by atoms with Crippen molar-refractivity contribution in [2.24, 2.45) is 5.73 Å². The number of hydrogen-bond acceptors (Lipinski definition) is 2. The molecule has 2 rings (SSSR count). The average Bonchev–Trinajstić information content (AvgIpc) is 2.56. The molecule has 2 amide bonds. The van der Waals surface area contributed by atoms with Crippen LogP contribution in [0.2, 0.25) is 0 Å². The number of aromatic nitrogens is 1. The zero-order chi connectivity index (χ0) is 16.5. The molecule has 1 heterocycles. The number of rotatable bonds is 8. The third-order valence-corrected chi connectivity index (χ3v) is 3.54. The van der Waals surface area contributed by atoms with Crippen molar-refractivity contribution in [2.75, 3.05) is 6.54 Å². The second kappa shape index (κ2) is 8.68. The van der Waals surface area contributed by atoms with Crippen LogP contribution in [0.25, 0.3) is 0 Å². The number of primary amides is 1. The highest BCUT2D eigenvalue weighted by atomic mass is 16.1. The Hall–Kier alpha value is -2.69. The monoisotopic (exact) mass is 312 g/mol. The Bertz CT molecular complexity index is 656. The van der Waals surface area contributed by atoms with Gasteiger partial charge in [0.15, 0.2) is 12.4 Å². The molecular formula is C18H22N3O2+. The summed E-state index contributed by atoms with van der Waals surface area (Å²) in [6, 6.07) is 13.5. The van der Waals surface area contributed by atoms with Gasteiger partial charge in [-0.3, -0.25) is 9.59 Å². The third-order valence-electron chi connectivity index (χ3n) is 3.54. The van der Waals surface area contributed by atoms with Crippen molar-refractivity contribution >= 4 is 11.8 Å². The number of nitrogens with zero attached hydrogens (tertiary/aromatic N) is 1. The summed E-state index contributed by atoms with van der Waals surface area (Å²) in [5.74, 6) is -0.398. The van der Waals surface area contributed by atoms with E-state index in [0.29, 0.717) is 31.5 Å². The molecule has 0 unspecified atom stereocenters. The number of nitrogens with one attached hydrogen (secondary N) is 1. The predicted molar refractivity (Wildman–Crippen MR) is 87.5 cm³/mol. The Balaban J connectivity index is 1.66. The van der Waals surface area contributed by atoms with Crippen LogP contribution in [0.4, 0.5) is 0 Å². The van der Waals surface area contributed by atoms with Crippen LogP contribution in [-0.2, 0) is 17.8 Å². The number of carbonyl (C=O) groups excluding carboxylic acids is 2. The van der Waals surface area contributed by atoms with Gasteiger partial charge in [-0.15, -0.1) is 0 Å². The second-order valence-electron chi connectivity index (χ2n) is 5.38. The number of carbonyl (C=O) groups is 2. The molecule has 120 valence electrons. The van der Waals surface area contributed by atoms with Gasteiger partial charge < -0.3 is 11.1 Å². The van der Waals surface area contributed by atoms with Gasteiger partial charge in [-0.05, 0) is 18.1 Å². The van der Waals surface area contributed by atoms with Gasteiger partial charge in [0.05, 0.1) is 0 Å². The maximum Gasteiger partial charge on any atom is 0.254 e. The van der Waals surface area contributed by atoms with E-state index in [4.69, 9.17) is 5.73 Å². The van der Waals surface area contributed by atoms with E-state index in [0.717, 1.165) is 6.42 Å². The lowest BCUT2D eigenvalue weighted by Gasteiger charge is -2.04. The molecule has 2 aromatic rings. The summed E-state index contributed by atoms with van der Waals surface area (Å²) in [5, 5.41) is 2.92. The average molecular weight is 312 g/mol. The normalized spacial score (nSPS) is 10.3. The molecule has 5 heteroatoms. The Labute approximate surface area is 136 Å². The van der Waals surface area contributed by atoms with Crippen molar-refractivity contribution in [1.29, 1.82) is 0 Å². The maximum atomic E-state index is 11.8. The first kappa shape index (κ1) is 16.7. The molecular weight excluding hydrogens is 290 g/mol. The van der Waals surface area contributed by atoms with Gasteiger partial charge in [-0.25, -0.2) is 4.57 Å². The van der Waals surface area contributed by atoms with Gasteiger partial charge in [0.1, 0.15) is 12.1 Å². The highest BCUT2D eigenvalue weighted by Gasteiger charge is 2.08. The van der Waals surface area contributed by atoms with Crippen LogP contribution in [-0.4, -0.2) is 18.4 Å². The molecule has 0 spiro atoms. The summed E-state index contributed by atoms with van der Waals surface area (Å²) in [6.45, 7) is 1.32. The summed E-state index contributed by atoms with van der Waals surface area (Å²) < 4.78 is 1.87. The van der Waals surface area contributed by atoms with Crippen LogP contribution in [0, 0.1) is 0 Å². The van der Waals surface area contributed by atoms with E-state index >= 15 is 0 Å². The summed E-state index contributed by atoms with van der Waals surface area (Å²) in [4.78, 5) is 22.9. The van der Waals surface area contributed by atoms with Crippen molar-refractivity contribution in [1.82, 2.24) is 5.32 Å². The summed E-state index contributed by atoms with van der Waals surface area (Å²) in [6.07, 6.45) is 5.57. The fourth-order valence-electron chi connectivity index (χ4n) is 2.31. The molecule has 3 N–H and O–H groups in total. The van der Waals surface area contributed by atoms with Crippen molar-refractivity contribution in [3.05, 3.63) is 66.0 Å². The molecule has 0 aliphatic heterocycles. The van der Waals surface area contributed by atoms with E-state index in [1.165, 1.54) is 5.56 Å². The SMILES string of the molecule is NC(=O)c1ccc[n+](CCCC(=O)NCCc2ccccc2)c1. The lowest BCUT2D eigenvalue weighted by atomic mass is 10.1. The first-order chi connectivity index (χ1) is 11.1. The Morgan fingerprint density at radius 3 is 2.61 bits per heavy atom. The minimum atomic E-state index is -0.446. The van der Waals surface area contributed by atoms with Gasteiger partial charge >= 0.3 is 0 Å². The van der Waals surface area contributed by atoms with Crippen LogP contribution in [0.1, 0.15) is 28.8 Å². The fourth-order valence-corrected chi connectivity index (χ4v) is 2.31. The Morgan fingerprint density at radius 1 is 1.09 bits per heavy atom. The van der Waals surface area contributed by atoms with Crippen molar-refractivity contribution < 1.29 is 14.2 Å². The second-order valence-corrected chi connectivity index (χ2v) is 5.38. The van der Waals surface area contributed by atoms with Crippen molar-refractivity contribution in [3.63, 3.8) is 0 Å². The zero-order valence-corrected chi connectivity index (χ0v) is 13.1. The minimum absolute atomic E-state index is 0.0487. The molecule has 0 saturated carbocycles. The van der Waals surface area contributed by atoms with Crippen LogP contribution in [0.3, 0.4) is 0 Å². The van der Waals surface area contributed by atoms with Crippen molar-refractivity contribution in [3.8, 4) is 0 Å². The number of amides is 2. The van der Waals surface area contributed by atoms with Crippen LogP contribution < -0.4 is 15.6 Å². The van der Waals surface area contributed by atoms with E-state index < -0.39 is 5.91 Å². The van der Waals surface area contributed by atoms with Crippen molar-refractivity contribution in [2.45, 2.75) is 25.8 Å². The zero-order valence-electron chi connectivity index (χ0n) is 13.1. The standard InChI is InChI=1S/C18H21N3O2/c19-18(23)16-8-4-12-21(14-16)13-5-9-17(22)20-11-10-15-6-2-1-3-7-15/h1-4,6-8,12,14H,5,9-11,13H2,(H2-,19,20,22,23)/p+1. The largest absolute Gasteiger partial charge is 0.365 e. The molecule has 0 aliphatic carbocycles. The molecule has 0 atom stereocenters. The molecule has 0 saturated heterocycles. The van der Waals surface area contributed by atoms with Gasteiger partial charge in [-0.2, -0.15) is 0 Å². The number of nitrogens with two attached hydrogens (primary N) is 1. The number of aryl methyl sites for hydroxylation is 1. The molecule has 5 nitrogen and oxygen atoms in total. The molecule has 0 aliphatic rings. The molecule has 1 aromatic heterocycles. The number of benzene rings is 1. The maximum absolute atomic E-state index is 11.8. The summed E-state index contributed by atoms with van der Waals surface area (Å²) in [7, 11) is 0. The quantitative estimate of drug-likeness (QED) is 0.719. The lowest BCUT2D eigenvalue weighted by molar-refractivity contribution is -0.697. The fraction of sp³-hybridized carbons (Fsp3) is 0.278. The minimum Gasteiger partial charge on any atom is -0.365 e. The van der Waals surface area contributed by atoms with Gasteiger partial charge in [0, 0.05) is 25.5 Å². The lowest BCUT2D eigenvalue weighted by Crippen LogP contribution is -2.35. The Kier molecular flexibility index (Phi) is 6.29. The Morgan fingerprint density at radius 2 is 1.87 bits per heavy atom. The van der Waals surface area contributed by atoms with E-state index in [-0.39, 0.29) is 5.91 Å². The van der Waals surface area contributed by atoms with Gasteiger partial charge in [0.25, 0.3) is 5.91 Å². The van der Waals surface area contributed by atoms with E-state index in [1.54, 1.807) is 18.3 Å². The number of hydrogen-bond donors (Lipinski definition) is 2. The van der Waals surface area contributed by atoms with Gasteiger partial charge in [0.2, 0.25) is 5.91 Å². The highest BCUT2D eigenvalue weighted by Crippen LogP contribution is 1.99. The van der Waals surface area contributed by atoms with Crippen LogP contribution >= 0.6 is 0 Å². The smallest absolute Gasteiger partial charge is 0.254 e. The van der Waals surface area contributed by atoms with Gasteiger partial charge in [-0.1, -0.05) is 30.3 Å². The van der Waals surface area contributed by atoms with Crippen LogP contribution in [0.15, 0.2) is 54.9 Å². The molecule has 0 fully saturated rings. The predicted octanol–water partition coefficient (Wildman–Crippen LogP) is 1.21. The summed E-state index contributed by atoms with van der Waals surface area (Å²) in [5.41, 5.74) is 6.93. The van der Waals surface area contributed by atoms with E-state index in [1.807, 2.05) is 29.0 Å². The molecule has 23 heavy (non-hydrogen) atoms. The van der Waals surface area contributed by atoms with E-state index in [9.17, 15) is 9.59 Å². The first-order valence-corrected chi connectivity index (χ1v) is 7.74. The first-order valence-electron chi connectivity index (χ1n) is 7.74. The summed E-state index contributed by atoms with van der Waals surface area (Å²) >= 11 is 0. The molecule has 0 radical (unpaired) electrons. The number of pyridine rings is 1.